The molecule has 0 spiro atoms. The first-order valence-corrected chi connectivity index (χ1v) is 7.68. The predicted octanol–water partition coefficient (Wildman–Crippen LogP) is 1.29. The van der Waals surface area contributed by atoms with E-state index < -0.39 is 10.8 Å². The highest BCUT2D eigenvalue weighted by molar-refractivity contribution is 7.84. The van der Waals surface area contributed by atoms with Crippen molar-refractivity contribution in [2.75, 3.05) is 30.4 Å². The molecular formula is C13H20N2O2S. The third kappa shape index (κ3) is 6.51. The van der Waals surface area contributed by atoms with Crippen molar-refractivity contribution in [3.63, 3.8) is 0 Å². The van der Waals surface area contributed by atoms with Gasteiger partial charge in [0.2, 0.25) is 5.91 Å². The van der Waals surface area contributed by atoms with E-state index in [1.54, 1.807) is 6.26 Å². The highest BCUT2D eigenvalue weighted by atomic mass is 32.2. The Bertz CT molecular complexity index is 421. The highest BCUT2D eigenvalue weighted by Gasteiger charge is 2.01. The topological polar surface area (TPSA) is 58.2 Å². The maximum atomic E-state index is 11.6. The van der Waals surface area contributed by atoms with Crippen LogP contribution in [-0.4, -0.2) is 35.2 Å². The molecule has 1 aromatic carbocycles. The number of anilines is 1. The molecule has 0 radical (unpaired) electrons. The van der Waals surface area contributed by atoms with Gasteiger partial charge in [-0.15, -0.1) is 0 Å². The van der Waals surface area contributed by atoms with Gasteiger partial charge in [0.05, 0.1) is 6.54 Å². The first-order valence-electron chi connectivity index (χ1n) is 5.95. The molecule has 18 heavy (non-hydrogen) atoms. The van der Waals surface area contributed by atoms with Crippen LogP contribution in [0, 0.1) is 6.92 Å². The molecule has 1 amide bonds. The third-order valence-corrected chi connectivity index (χ3v) is 3.24. The average molecular weight is 268 g/mol. The van der Waals surface area contributed by atoms with Crippen molar-refractivity contribution < 1.29 is 9.00 Å². The van der Waals surface area contributed by atoms with Crippen LogP contribution in [0.4, 0.5) is 5.69 Å². The van der Waals surface area contributed by atoms with E-state index in [1.165, 1.54) is 0 Å². The Morgan fingerprint density at radius 2 is 2.17 bits per heavy atom. The summed E-state index contributed by atoms with van der Waals surface area (Å²) in [6.45, 7) is 2.98. The lowest BCUT2D eigenvalue weighted by atomic mass is 10.2. The van der Waals surface area contributed by atoms with Gasteiger partial charge < -0.3 is 10.6 Å². The number of hydrogen-bond acceptors (Lipinski definition) is 3. The lowest BCUT2D eigenvalue weighted by Gasteiger charge is -2.07. The zero-order valence-electron chi connectivity index (χ0n) is 10.9. The lowest BCUT2D eigenvalue weighted by Crippen LogP contribution is -2.29. The first-order chi connectivity index (χ1) is 8.58. The second-order valence-electron chi connectivity index (χ2n) is 4.23. The fourth-order valence-corrected chi connectivity index (χ4v) is 2.08. The van der Waals surface area contributed by atoms with Crippen LogP contribution in [-0.2, 0) is 15.6 Å². The van der Waals surface area contributed by atoms with Gasteiger partial charge in [-0.2, -0.15) is 0 Å². The summed E-state index contributed by atoms with van der Waals surface area (Å²) in [7, 11) is -0.754. The zero-order chi connectivity index (χ0) is 13.4. The predicted molar refractivity (Wildman–Crippen MR) is 76.2 cm³/mol. The average Bonchev–Trinajstić information content (AvgIpc) is 2.28. The molecule has 0 saturated heterocycles. The minimum Gasteiger partial charge on any atom is -0.325 e. The molecule has 1 rings (SSSR count). The van der Waals surface area contributed by atoms with Gasteiger partial charge in [-0.1, -0.05) is 12.1 Å². The number of hydrogen-bond donors (Lipinski definition) is 2. The molecule has 100 valence electrons. The van der Waals surface area contributed by atoms with Crippen LogP contribution in [0.2, 0.25) is 0 Å². The molecule has 0 fully saturated rings. The number of nitrogens with one attached hydrogen (secondary N) is 2. The molecule has 2 N–H and O–H groups in total. The second kappa shape index (κ2) is 8.00. The van der Waals surface area contributed by atoms with Crippen LogP contribution in [0.15, 0.2) is 24.3 Å². The van der Waals surface area contributed by atoms with Gasteiger partial charge in [0.1, 0.15) is 0 Å². The fraction of sp³-hybridized carbons (Fsp3) is 0.462. The van der Waals surface area contributed by atoms with Crippen LogP contribution >= 0.6 is 0 Å². The van der Waals surface area contributed by atoms with Crippen molar-refractivity contribution in [2.45, 2.75) is 13.3 Å². The Balaban J connectivity index is 2.20. The maximum absolute atomic E-state index is 11.6. The Labute approximate surface area is 111 Å². The van der Waals surface area contributed by atoms with Crippen LogP contribution in [0.25, 0.3) is 0 Å². The van der Waals surface area contributed by atoms with E-state index in [9.17, 15) is 9.00 Å². The summed E-state index contributed by atoms with van der Waals surface area (Å²) in [6, 6.07) is 7.69. The summed E-state index contributed by atoms with van der Waals surface area (Å²) in [6.07, 6.45) is 2.51. The Kier molecular flexibility index (Phi) is 6.60. The summed E-state index contributed by atoms with van der Waals surface area (Å²) < 4.78 is 10.8. The van der Waals surface area contributed by atoms with Crippen LogP contribution < -0.4 is 10.6 Å². The normalized spacial score (nSPS) is 12.1. The third-order valence-electron chi connectivity index (χ3n) is 2.37. The number of carbonyl (C=O) groups excluding carboxylic acids is 1. The summed E-state index contributed by atoms with van der Waals surface area (Å²) in [5, 5.41) is 5.85. The molecule has 4 nitrogen and oxygen atoms in total. The molecule has 1 aromatic rings. The smallest absolute Gasteiger partial charge is 0.238 e. The summed E-state index contributed by atoms with van der Waals surface area (Å²) >= 11 is 0. The monoisotopic (exact) mass is 268 g/mol. The molecule has 0 aliphatic rings. The van der Waals surface area contributed by atoms with Crippen molar-refractivity contribution in [3.8, 4) is 0 Å². The Morgan fingerprint density at radius 3 is 2.83 bits per heavy atom. The minimum atomic E-state index is -0.754. The summed E-state index contributed by atoms with van der Waals surface area (Å²) in [5.74, 6) is 0.616. The quantitative estimate of drug-likeness (QED) is 0.733. The molecule has 0 aliphatic heterocycles. The molecule has 0 aliphatic carbocycles. The Hall–Kier alpha value is -1.20. The lowest BCUT2D eigenvalue weighted by molar-refractivity contribution is -0.115. The highest BCUT2D eigenvalue weighted by Crippen LogP contribution is 2.08. The maximum Gasteiger partial charge on any atom is 0.238 e. The minimum absolute atomic E-state index is 0.0572. The number of aryl methyl sites for hydroxylation is 1. The van der Waals surface area contributed by atoms with Gasteiger partial charge in [-0.05, 0) is 37.6 Å². The van der Waals surface area contributed by atoms with Gasteiger partial charge >= 0.3 is 0 Å². The van der Waals surface area contributed by atoms with Crippen molar-refractivity contribution >= 4 is 22.4 Å². The molecular weight excluding hydrogens is 248 g/mol. The summed E-state index contributed by atoms with van der Waals surface area (Å²) in [5.41, 5.74) is 1.93. The molecule has 0 heterocycles. The van der Waals surface area contributed by atoms with Crippen LogP contribution in [0.5, 0.6) is 0 Å². The van der Waals surface area contributed by atoms with Crippen molar-refractivity contribution in [1.82, 2.24) is 5.32 Å². The number of carbonyl (C=O) groups is 1. The zero-order valence-corrected chi connectivity index (χ0v) is 11.7. The van der Waals surface area contributed by atoms with Gasteiger partial charge in [0, 0.05) is 28.5 Å². The van der Waals surface area contributed by atoms with Gasteiger partial charge in [-0.3, -0.25) is 9.00 Å². The SMILES string of the molecule is Cc1cccc(NC(=O)CNCCCS(C)=O)c1. The van der Waals surface area contributed by atoms with E-state index in [4.69, 9.17) is 0 Å². The number of benzene rings is 1. The van der Waals surface area contributed by atoms with Crippen molar-refractivity contribution in [3.05, 3.63) is 29.8 Å². The van der Waals surface area contributed by atoms with Crippen molar-refractivity contribution in [2.24, 2.45) is 0 Å². The van der Waals surface area contributed by atoms with Gasteiger partial charge in [-0.25, -0.2) is 0 Å². The molecule has 1 unspecified atom stereocenters. The summed E-state index contributed by atoms with van der Waals surface area (Å²) in [4.78, 5) is 11.6. The van der Waals surface area contributed by atoms with E-state index in [1.807, 2.05) is 31.2 Å². The van der Waals surface area contributed by atoms with E-state index in [0.29, 0.717) is 12.3 Å². The standard InChI is InChI=1S/C13H20N2O2S/c1-11-5-3-6-12(9-11)15-13(16)10-14-7-4-8-18(2)17/h3,5-6,9,14H,4,7-8,10H2,1-2H3,(H,15,16). The molecule has 0 aromatic heterocycles. The van der Waals surface area contributed by atoms with E-state index in [2.05, 4.69) is 10.6 Å². The first kappa shape index (κ1) is 14.9. The van der Waals surface area contributed by atoms with Gasteiger partial charge in [0.15, 0.2) is 0 Å². The molecule has 0 bridgehead atoms. The van der Waals surface area contributed by atoms with Gasteiger partial charge in [0.25, 0.3) is 0 Å². The Morgan fingerprint density at radius 1 is 1.39 bits per heavy atom. The molecule has 5 heteroatoms. The van der Waals surface area contributed by atoms with E-state index in [0.717, 1.165) is 17.7 Å². The molecule has 1 atom stereocenters. The number of amides is 1. The van der Waals surface area contributed by atoms with Crippen molar-refractivity contribution in [1.29, 1.82) is 0 Å². The second-order valence-corrected chi connectivity index (χ2v) is 5.78. The van der Waals surface area contributed by atoms with Crippen LogP contribution in [0.1, 0.15) is 12.0 Å². The largest absolute Gasteiger partial charge is 0.325 e. The molecule has 0 saturated carbocycles. The van der Waals surface area contributed by atoms with Crippen LogP contribution in [0.3, 0.4) is 0 Å². The fourth-order valence-electron chi connectivity index (χ4n) is 1.53. The van der Waals surface area contributed by atoms with E-state index >= 15 is 0 Å². The van der Waals surface area contributed by atoms with E-state index in [-0.39, 0.29) is 12.5 Å². The number of rotatable bonds is 7.